The molecule has 82 valence electrons. The minimum Gasteiger partial charge on any atom is -0.223 e. The molecular weight excluding hydrogens is 215 g/mol. The van der Waals surface area contributed by atoms with Gasteiger partial charge in [-0.05, 0) is 37.1 Å². The molecule has 0 heterocycles. The standard InChI is InChI=1S/C11H13FO2S/c12-9-5-7-11(8-6-9)15(13,14)10-3-1-2-4-10/h5-8,10H,1-4H2. The highest BCUT2D eigenvalue weighted by Gasteiger charge is 2.29. The molecule has 1 aromatic carbocycles. The van der Waals surface area contributed by atoms with Gasteiger partial charge in [0.25, 0.3) is 0 Å². The third-order valence-corrected chi connectivity index (χ3v) is 5.16. The predicted octanol–water partition coefficient (Wildman–Crippen LogP) is 2.54. The van der Waals surface area contributed by atoms with E-state index in [1.54, 1.807) is 0 Å². The van der Waals surface area contributed by atoms with Gasteiger partial charge in [-0.1, -0.05) is 12.8 Å². The van der Waals surface area contributed by atoms with Gasteiger partial charge < -0.3 is 0 Å². The Hall–Kier alpha value is -0.900. The van der Waals surface area contributed by atoms with Gasteiger partial charge in [0.1, 0.15) is 5.82 Å². The minimum absolute atomic E-state index is 0.246. The van der Waals surface area contributed by atoms with E-state index in [9.17, 15) is 12.8 Å². The number of rotatable bonds is 2. The van der Waals surface area contributed by atoms with Crippen LogP contribution in [0.2, 0.25) is 0 Å². The molecule has 0 bridgehead atoms. The summed E-state index contributed by atoms with van der Waals surface area (Å²) in [5, 5.41) is -0.261. The largest absolute Gasteiger partial charge is 0.223 e. The van der Waals surface area contributed by atoms with Gasteiger partial charge in [-0.3, -0.25) is 0 Å². The van der Waals surface area contributed by atoms with Gasteiger partial charge in [0.15, 0.2) is 9.84 Å². The van der Waals surface area contributed by atoms with E-state index in [0.717, 1.165) is 25.7 Å². The first-order chi connectivity index (χ1) is 7.10. The van der Waals surface area contributed by atoms with E-state index in [1.165, 1.54) is 24.3 Å². The number of benzene rings is 1. The lowest BCUT2D eigenvalue weighted by atomic mass is 10.3. The van der Waals surface area contributed by atoms with Crippen LogP contribution < -0.4 is 0 Å². The zero-order valence-electron chi connectivity index (χ0n) is 8.32. The molecule has 0 radical (unpaired) electrons. The Balaban J connectivity index is 2.32. The molecule has 2 nitrogen and oxygen atoms in total. The lowest BCUT2D eigenvalue weighted by Crippen LogP contribution is -2.17. The number of hydrogen-bond donors (Lipinski definition) is 0. The monoisotopic (exact) mass is 228 g/mol. The molecule has 0 amide bonds. The maximum absolute atomic E-state index is 12.7. The summed E-state index contributed by atoms with van der Waals surface area (Å²) in [7, 11) is -3.22. The molecule has 0 saturated heterocycles. The van der Waals surface area contributed by atoms with E-state index in [1.807, 2.05) is 0 Å². The summed E-state index contributed by atoms with van der Waals surface area (Å²) >= 11 is 0. The van der Waals surface area contributed by atoms with Crippen molar-refractivity contribution in [3.8, 4) is 0 Å². The summed E-state index contributed by atoms with van der Waals surface area (Å²) in [6.45, 7) is 0. The van der Waals surface area contributed by atoms with Crippen molar-refractivity contribution in [1.29, 1.82) is 0 Å². The third kappa shape index (κ3) is 2.04. The molecule has 0 N–H and O–H groups in total. The van der Waals surface area contributed by atoms with E-state index in [2.05, 4.69) is 0 Å². The fraction of sp³-hybridized carbons (Fsp3) is 0.455. The second-order valence-corrected chi connectivity index (χ2v) is 6.13. The van der Waals surface area contributed by atoms with Crippen molar-refractivity contribution in [1.82, 2.24) is 0 Å². The van der Waals surface area contributed by atoms with Crippen molar-refractivity contribution in [2.24, 2.45) is 0 Å². The molecule has 0 aromatic heterocycles. The Labute approximate surface area is 89.0 Å². The average molecular weight is 228 g/mol. The zero-order valence-corrected chi connectivity index (χ0v) is 9.13. The highest BCUT2D eigenvalue weighted by atomic mass is 32.2. The smallest absolute Gasteiger partial charge is 0.181 e. The summed E-state index contributed by atoms with van der Waals surface area (Å²) in [5.74, 6) is -0.402. The van der Waals surface area contributed by atoms with Crippen molar-refractivity contribution in [2.75, 3.05) is 0 Å². The van der Waals surface area contributed by atoms with Crippen LogP contribution in [0, 0.1) is 5.82 Å². The summed E-state index contributed by atoms with van der Waals surface area (Å²) in [5.41, 5.74) is 0. The summed E-state index contributed by atoms with van der Waals surface area (Å²) < 4.78 is 36.7. The highest BCUT2D eigenvalue weighted by molar-refractivity contribution is 7.92. The van der Waals surface area contributed by atoms with Crippen molar-refractivity contribution < 1.29 is 12.8 Å². The summed E-state index contributed by atoms with van der Waals surface area (Å²) in [6, 6.07) is 5.09. The van der Waals surface area contributed by atoms with Crippen LogP contribution in [0.3, 0.4) is 0 Å². The zero-order chi connectivity index (χ0) is 10.9. The first kappa shape index (κ1) is 10.6. The van der Waals surface area contributed by atoms with Gasteiger partial charge in [-0.15, -0.1) is 0 Å². The van der Waals surface area contributed by atoms with E-state index in [4.69, 9.17) is 0 Å². The second kappa shape index (κ2) is 3.93. The van der Waals surface area contributed by atoms with Crippen LogP contribution in [-0.4, -0.2) is 13.7 Å². The van der Waals surface area contributed by atoms with E-state index in [-0.39, 0.29) is 10.1 Å². The van der Waals surface area contributed by atoms with E-state index < -0.39 is 15.7 Å². The van der Waals surface area contributed by atoms with Crippen molar-refractivity contribution in [3.05, 3.63) is 30.1 Å². The van der Waals surface area contributed by atoms with Gasteiger partial charge in [-0.25, -0.2) is 12.8 Å². The van der Waals surface area contributed by atoms with Gasteiger partial charge in [-0.2, -0.15) is 0 Å². The van der Waals surface area contributed by atoms with Crippen molar-refractivity contribution in [3.63, 3.8) is 0 Å². The maximum Gasteiger partial charge on any atom is 0.181 e. The molecule has 2 rings (SSSR count). The second-order valence-electron chi connectivity index (χ2n) is 3.91. The quantitative estimate of drug-likeness (QED) is 0.729. The summed E-state index contributed by atoms with van der Waals surface area (Å²) in [4.78, 5) is 0.246. The Morgan fingerprint density at radius 3 is 2.13 bits per heavy atom. The molecule has 1 aliphatic rings. The topological polar surface area (TPSA) is 34.1 Å². The van der Waals surface area contributed by atoms with Crippen LogP contribution in [-0.2, 0) is 9.84 Å². The first-order valence-corrected chi connectivity index (χ1v) is 6.65. The molecule has 1 aliphatic carbocycles. The Morgan fingerprint density at radius 2 is 1.60 bits per heavy atom. The lowest BCUT2D eigenvalue weighted by molar-refractivity contribution is 0.579. The molecule has 0 spiro atoms. The lowest BCUT2D eigenvalue weighted by Gasteiger charge is -2.10. The minimum atomic E-state index is -3.22. The molecule has 1 saturated carbocycles. The molecule has 1 fully saturated rings. The van der Waals surface area contributed by atoms with Crippen LogP contribution in [0.15, 0.2) is 29.2 Å². The van der Waals surface area contributed by atoms with Crippen LogP contribution in [0.5, 0.6) is 0 Å². The predicted molar refractivity (Wildman–Crippen MR) is 55.8 cm³/mol. The van der Waals surface area contributed by atoms with Gasteiger partial charge in [0.05, 0.1) is 10.1 Å². The molecule has 0 atom stereocenters. The Morgan fingerprint density at radius 1 is 1.07 bits per heavy atom. The molecule has 0 aliphatic heterocycles. The van der Waals surface area contributed by atoms with Crippen LogP contribution in [0.1, 0.15) is 25.7 Å². The number of halogens is 1. The fourth-order valence-electron chi connectivity index (χ4n) is 2.02. The van der Waals surface area contributed by atoms with Gasteiger partial charge in [0, 0.05) is 0 Å². The maximum atomic E-state index is 12.7. The highest BCUT2D eigenvalue weighted by Crippen LogP contribution is 2.29. The van der Waals surface area contributed by atoms with Crippen molar-refractivity contribution in [2.45, 2.75) is 35.8 Å². The van der Waals surface area contributed by atoms with Crippen LogP contribution >= 0.6 is 0 Å². The summed E-state index contributed by atoms with van der Waals surface area (Å²) in [6.07, 6.45) is 3.43. The van der Waals surface area contributed by atoms with E-state index in [0.29, 0.717) is 0 Å². The molecule has 0 unspecified atom stereocenters. The number of hydrogen-bond acceptors (Lipinski definition) is 2. The molecule has 15 heavy (non-hydrogen) atoms. The molecule has 1 aromatic rings. The van der Waals surface area contributed by atoms with Crippen molar-refractivity contribution >= 4 is 9.84 Å². The molecule has 4 heteroatoms. The normalized spacial score (nSPS) is 18.2. The third-order valence-electron chi connectivity index (χ3n) is 2.88. The average Bonchev–Trinajstić information content (AvgIpc) is 2.71. The fourth-order valence-corrected chi connectivity index (χ4v) is 3.87. The van der Waals surface area contributed by atoms with E-state index >= 15 is 0 Å². The molecular formula is C11H13FO2S. The van der Waals surface area contributed by atoms with Gasteiger partial charge >= 0.3 is 0 Å². The first-order valence-electron chi connectivity index (χ1n) is 5.10. The Bertz CT molecular complexity index is 430. The number of sulfone groups is 1. The van der Waals surface area contributed by atoms with Crippen LogP contribution in [0.4, 0.5) is 4.39 Å². The van der Waals surface area contributed by atoms with Gasteiger partial charge in [0.2, 0.25) is 0 Å². The SMILES string of the molecule is O=S(=O)(c1ccc(F)cc1)C1CCCC1. The van der Waals surface area contributed by atoms with Crippen LogP contribution in [0.25, 0.3) is 0 Å². The Kier molecular flexibility index (Phi) is 2.78.